The Morgan fingerprint density at radius 1 is 1.16 bits per heavy atom. The van der Waals surface area contributed by atoms with Gasteiger partial charge in [-0.1, -0.05) is 56.3 Å². The van der Waals surface area contributed by atoms with E-state index in [2.05, 4.69) is 26.0 Å². The van der Waals surface area contributed by atoms with Crippen molar-refractivity contribution >= 4 is 16.9 Å². The van der Waals surface area contributed by atoms with Crippen LogP contribution in [0.25, 0.3) is 10.8 Å². The lowest BCUT2D eigenvalue weighted by atomic mass is 9.95. The smallest absolute Gasteiger partial charge is 0.405 e. The molecule has 0 heterocycles. The van der Waals surface area contributed by atoms with Gasteiger partial charge in [0.2, 0.25) is 0 Å². The first-order valence-corrected chi connectivity index (χ1v) is 6.51. The molecular weight excluding hydrogens is 238 g/mol. The third-order valence-electron chi connectivity index (χ3n) is 3.11. The molecule has 1 amide bonds. The SMILES string of the molecule is CC(C)CC(OC(N)=O)c1cccc2ccccc12. The van der Waals surface area contributed by atoms with Gasteiger partial charge in [0.15, 0.2) is 0 Å². The van der Waals surface area contributed by atoms with Gasteiger partial charge in [-0.15, -0.1) is 0 Å². The number of carbonyl (C=O) groups excluding carboxylic acids is 1. The Bertz CT molecular complexity index is 572. The Morgan fingerprint density at radius 2 is 1.84 bits per heavy atom. The molecule has 2 aromatic carbocycles. The highest BCUT2D eigenvalue weighted by atomic mass is 16.6. The van der Waals surface area contributed by atoms with Crippen LogP contribution in [0.2, 0.25) is 0 Å². The highest BCUT2D eigenvalue weighted by Crippen LogP contribution is 2.31. The number of benzene rings is 2. The summed E-state index contributed by atoms with van der Waals surface area (Å²) >= 11 is 0. The molecule has 1 atom stereocenters. The summed E-state index contributed by atoms with van der Waals surface area (Å²) in [5.41, 5.74) is 6.21. The fraction of sp³-hybridized carbons (Fsp3) is 0.312. The Hall–Kier alpha value is -2.03. The summed E-state index contributed by atoms with van der Waals surface area (Å²) in [5.74, 6) is 0.420. The second-order valence-electron chi connectivity index (χ2n) is 5.12. The third kappa shape index (κ3) is 3.25. The van der Waals surface area contributed by atoms with Crippen LogP contribution in [0, 0.1) is 5.92 Å². The van der Waals surface area contributed by atoms with E-state index >= 15 is 0 Å². The molecule has 2 aromatic rings. The van der Waals surface area contributed by atoms with Crippen LogP contribution in [-0.4, -0.2) is 6.09 Å². The normalized spacial score (nSPS) is 12.6. The van der Waals surface area contributed by atoms with Crippen molar-refractivity contribution in [3.8, 4) is 0 Å². The molecule has 0 aliphatic carbocycles. The second kappa shape index (κ2) is 5.74. The van der Waals surface area contributed by atoms with Gasteiger partial charge >= 0.3 is 6.09 Å². The van der Waals surface area contributed by atoms with Gasteiger partial charge in [0.1, 0.15) is 6.10 Å². The molecule has 0 saturated carbocycles. The fourth-order valence-electron chi connectivity index (χ4n) is 2.34. The molecule has 2 rings (SSSR count). The van der Waals surface area contributed by atoms with Gasteiger partial charge in [0, 0.05) is 5.56 Å². The summed E-state index contributed by atoms with van der Waals surface area (Å²) in [6.07, 6.45) is -0.251. The first-order valence-electron chi connectivity index (χ1n) is 6.51. The van der Waals surface area contributed by atoms with Gasteiger partial charge in [-0.25, -0.2) is 4.79 Å². The number of rotatable bonds is 4. The average molecular weight is 257 g/mol. The van der Waals surface area contributed by atoms with E-state index in [4.69, 9.17) is 10.5 Å². The van der Waals surface area contributed by atoms with Gasteiger partial charge in [-0.2, -0.15) is 0 Å². The van der Waals surface area contributed by atoms with Crippen LogP contribution in [0.1, 0.15) is 31.9 Å². The number of primary amides is 1. The number of fused-ring (bicyclic) bond motifs is 1. The van der Waals surface area contributed by atoms with E-state index in [0.717, 1.165) is 22.8 Å². The van der Waals surface area contributed by atoms with Crippen molar-refractivity contribution in [2.75, 3.05) is 0 Å². The zero-order valence-corrected chi connectivity index (χ0v) is 11.3. The molecule has 0 aliphatic rings. The van der Waals surface area contributed by atoms with Crippen molar-refractivity contribution in [2.45, 2.75) is 26.4 Å². The maximum atomic E-state index is 11.1. The van der Waals surface area contributed by atoms with Crippen molar-refractivity contribution in [2.24, 2.45) is 11.7 Å². The van der Waals surface area contributed by atoms with E-state index in [1.165, 1.54) is 0 Å². The predicted molar refractivity (Wildman–Crippen MR) is 76.8 cm³/mol. The van der Waals surface area contributed by atoms with Crippen LogP contribution in [0.4, 0.5) is 4.79 Å². The fourth-order valence-corrected chi connectivity index (χ4v) is 2.34. The minimum absolute atomic E-state index is 0.288. The van der Waals surface area contributed by atoms with E-state index in [1.807, 2.05) is 30.3 Å². The molecule has 0 aromatic heterocycles. The van der Waals surface area contributed by atoms with Crippen molar-refractivity contribution < 1.29 is 9.53 Å². The van der Waals surface area contributed by atoms with E-state index in [1.54, 1.807) is 0 Å². The Kier molecular flexibility index (Phi) is 4.05. The lowest BCUT2D eigenvalue weighted by molar-refractivity contribution is 0.0942. The maximum Gasteiger partial charge on any atom is 0.405 e. The molecule has 1 unspecified atom stereocenters. The molecule has 0 bridgehead atoms. The van der Waals surface area contributed by atoms with Crippen LogP contribution < -0.4 is 5.73 Å². The van der Waals surface area contributed by atoms with Crippen LogP contribution >= 0.6 is 0 Å². The largest absolute Gasteiger partial charge is 0.441 e. The molecule has 3 heteroatoms. The first-order chi connectivity index (χ1) is 9.08. The van der Waals surface area contributed by atoms with E-state index in [9.17, 15) is 4.79 Å². The zero-order chi connectivity index (χ0) is 13.8. The van der Waals surface area contributed by atoms with Crippen molar-refractivity contribution in [3.05, 3.63) is 48.0 Å². The van der Waals surface area contributed by atoms with Gasteiger partial charge in [0.05, 0.1) is 0 Å². The minimum atomic E-state index is -0.724. The zero-order valence-electron chi connectivity index (χ0n) is 11.3. The molecule has 100 valence electrons. The van der Waals surface area contributed by atoms with Gasteiger partial charge in [-0.05, 0) is 23.1 Å². The predicted octanol–water partition coefficient (Wildman–Crippen LogP) is 4.02. The number of hydrogen-bond acceptors (Lipinski definition) is 2. The molecule has 0 saturated heterocycles. The number of nitrogens with two attached hydrogens (primary N) is 1. The van der Waals surface area contributed by atoms with Crippen molar-refractivity contribution in [1.82, 2.24) is 0 Å². The van der Waals surface area contributed by atoms with Crippen LogP contribution in [0.3, 0.4) is 0 Å². The third-order valence-corrected chi connectivity index (χ3v) is 3.11. The summed E-state index contributed by atoms with van der Waals surface area (Å²) in [4.78, 5) is 11.1. The number of carbonyl (C=O) groups is 1. The summed E-state index contributed by atoms with van der Waals surface area (Å²) in [5, 5.41) is 2.25. The first kappa shape index (κ1) is 13.4. The van der Waals surface area contributed by atoms with E-state index in [0.29, 0.717) is 5.92 Å². The summed E-state index contributed by atoms with van der Waals surface area (Å²) < 4.78 is 5.29. The number of amides is 1. The quantitative estimate of drug-likeness (QED) is 0.899. The molecule has 3 nitrogen and oxygen atoms in total. The van der Waals surface area contributed by atoms with E-state index < -0.39 is 6.09 Å². The Balaban J connectivity index is 2.45. The molecule has 0 aliphatic heterocycles. The lowest BCUT2D eigenvalue weighted by Gasteiger charge is -2.20. The van der Waals surface area contributed by atoms with Crippen LogP contribution in [0.5, 0.6) is 0 Å². The maximum absolute atomic E-state index is 11.1. The summed E-state index contributed by atoms with van der Waals surface area (Å²) in [7, 11) is 0. The van der Waals surface area contributed by atoms with Crippen molar-refractivity contribution in [1.29, 1.82) is 0 Å². The van der Waals surface area contributed by atoms with Crippen molar-refractivity contribution in [3.63, 3.8) is 0 Å². The Morgan fingerprint density at radius 3 is 2.53 bits per heavy atom. The minimum Gasteiger partial charge on any atom is -0.441 e. The monoisotopic (exact) mass is 257 g/mol. The highest BCUT2D eigenvalue weighted by Gasteiger charge is 2.18. The van der Waals surface area contributed by atoms with Gasteiger partial charge < -0.3 is 10.5 Å². The van der Waals surface area contributed by atoms with Crippen LogP contribution in [-0.2, 0) is 4.74 Å². The van der Waals surface area contributed by atoms with Crippen LogP contribution in [0.15, 0.2) is 42.5 Å². The molecule has 19 heavy (non-hydrogen) atoms. The molecular formula is C16H19NO2. The second-order valence-corrected chi connectivity index (χ2v) is 5.12. The molecule has 0 spiro atoms. The summed E-state index contributed by atoms with van der Waals surface area (Å²) in [6, 6.07) is 14.1. The number of hydrogen-bond donors (Lipinski definition) is 1. The van der Waals surface area contributed by atoms with Gasteiger partial charge in [0.25, 0.3) is 0 Å². The Labute approximate surface area is 113 Å². The van der Waals surface area contributed by atoms with E-state index in [-0.39, 0.29) is 6.10 Å². The standard InChI is InChI=1S/C16H19NO2/c1-11(2)10-15(19-16(17)18)14-9-5-7-12-6-3-4-8-13(12)14/h3-9,11,15H,10H2,1-2H3,(H2,17,18). The highest BCUT2D eigenvalue weighted by molar-refractivity contribution is 5.86. The molecule has 0 radical (unpaired) electrons. The summed E-state index contributed by atoms with van der Waals surface area (Å²) in [6.45, 7) is 4.20. The molecule has 0 fully saturated rings. The van der Waals surface area contributed by atoms with Gasteiger partial charge in [-0.3, -0.25) is 0 Å². The lowest BCUT2D eigenvalue weighted by Crippen LogP contribution is -2.18. The topological polar surface area (TPSA) is 52.3 Å². The number of ether oxygens (including phenoxy) is 1. The average Bonchev–Trinajstić information content (AvgIpc) is 2.36. The molecule has 2 N–H and O–H groups in total.